The third-order valence-electron chi connectivity index (χ3n) is 4.60. The molecule has 0 aliphatic carbocycles. The molecule has 2 heterocycles. The van der Waals surface area contributed by atoms with E-state index in [2.05, 4.69) is 26.2 Å². The molecule has 9 heteroatoms. The molecule has 0 fully saturated rings. The van der Waals surface area contributed by atoms with Crippen molar-refractivity contribution in [3.8, 4) is 0 Å². The van der Waals surface area contributed by atoms with Gasteiger partial charge in [0.25, 0.3) is 10.0 Å². The molecule has 4 aromatic rings. The first-order valence-electron chi connectivity index (χ1n) is 9.31. The van der Waals surface area contributed by atoms with Gasteiger partial charge in [0.15, 0.2) is 5.65 Å². The van der Waals surface area contributed by atoms with Gasteiger partial charge < -0.3 is 4.74 Å². The number of anilines is 1. The summed E-state index contributed by atoms with van der Waals surface area (Å²) in [4.78, 5) is 16.5. The molecule has 1 N–H and O–H groups in total. The molecular weight excluding hydrogens is 482 g/mol. The molecular formula is C22H18BrN3O4S. The highest BCUT2D eigenvalue weighted by Gasteiger charge is 2.22. The minimum atomic E-state index is -3.82. The normalized spacial score (nSPS) is 11.4. The molecule has 0 unspecified atom stereocenters. The number of fused-ring (bicyclic) bond motifs is 1. The van der Waals surface area contributed by atoms with Crippen molar-refractivity contribution in [1.29, 1.82) is 0 Å². The topological polar surface area (TPSA) is 90.3 Å². The predicted molar refractivity (Wildman–Crippen MR) is 121 cm³/mol. The van der Waals surface area contributed by atoms with Crippen molar-refractivity contribution in [3.05, 3.63) is 88.7 Å². The highest BCUT2D eigenvalue weighted by atomic mass is 79.9. The summed E-state index contributed by atoms with van der Waals surface area (Å²) in [5, 5.41) is 3.15. The lowest BCUT2D eigenvalue weighted by molar-refractivity contribution is 0.155. The van der Waals surface area contributed by atoms with Crippen LogP contribution in [0.2, 0.25) is 0 Å². The van der Waals surface area contributed by atoms with E-state index in [9.17, 15) is 13.2 Å². The Morgan fingerprint density at radius 2 is 1.84 bits per heavy atom. The van der Waals surface area contributed by atoms with Crippen molar-refractivity contribution in [2.24, 2.45) is 0 Å². The molecule has 7 nitrogen and oxygen atoms in total. The second-order valence-electron chi connectivity index (χ2n) is 6.87. The van der Waals surface area contributed by atoms with Gasteiger partial charge in [0, 0.05) is 16.1 Å². The number of nitrogens with one attached hydrogen (secondary N) is 1. The van der Waals surface area contributed by atoms with E-state index >= 15 is 0 Å². The summed E-state index contributed by atoms with van der Waals surface area (Å²) in [6.45, 7) is 2.02. The zero-order chi connectivity index (χ0) is 22.0. The van der Waals surface area contributed by atoms with E-state index in [4.69, 9.17) is 4.74 Å². The molecule has 0 atom stereocenters. The lowest BCUT2D eigenvalue weighted by Crippen LogP contribution is -2.14. The first kappa shape index (κ1) is 21.1. The van der Waals surface area contributed by atoms with Crippen molar-refractivity contribution in [2.75, 3.05) is 5.32 Å². The maximum atomic E-state index is 13.1. The van der Waals surface area contributed by atoms with E-state index in [1.807, 2.05) is 37.3 Å². The summed E-state index contributed by atoms with van der Waals surface area (Å²) < 4.78 is 33.0. The molecule has 0 saturated heterocycles. The molecule has 0 saturated carbocycles. The fourth-order valence-electron chi connectivity index (χ4n) is 2.99. The number of carbonyl (C=O) groups is 1. The average Bonchev–Trinajstić information content (AvgIpc) is 3.10. The van der Waals surface area contributed by atoms with Crippen LogP contribution < -0.4 is 5.32 Å². The van der Waals surface area contributed by atoms with E-state index in [1.54, 1.807) is 30.3 Å². The second-order valence-corrected chi connectivity index (χ2v) is 9.54. The summed E-state index contributed by atoms with van der Waals surface area (Å²) in [5.74, 6) is 0. The Morgan fingerprint density at radius 1 is 1.13 bits per heavy atom. The molecule has 1 amide bonds. The summed E-state index contributed by atoms with van der Waals surface area (Å²) in [6, 6.07) is 17.6. The van der Waals surface area contributed by atoms with E-state index in [0.717, 1.165) is 15.1 Å². The molecule has 0 aliphatic heterocycles. The lowest BCUT2D eigenvalue weighted by atomic mass is 10.2. The van der Waals surface area contributed by atoms with Gasteiger partial charge in [-0.2, -0.15) is 0 Å². The fraction of sp³-hybridized carbons (Fsp3) is 0.0909. The Bertz CT molecular complexity index is 1350. The Kier molecular flexibility index (Phi) is 5.79. The molecule has 4 rings (SSSR count). The molecule has 0 aliphatic rings. The average molecular weight is 500 g/mol. The number of aryl methyl sites for hydroxylation is 1. The maximum absolute atomic E-state index is 13.1. The van der Waals surface area contributed by atoms with Crippen molar-refractivity contribution in [2.45, 2.75) is 18.4 Å². The highest BCUT2D eigenvalue weighted by Crippen LogP contribution is 2.30. The number of aromatic nitrogens is 2. The molecule has 2 aromatic carbocycles. The first-order chi connectivity index (χ1) is 14.8. The summed E-state index contributed by atoms with van der Waals surface area (Å²) in [6.07, 6.45) is 2.21. The number of benzene rings is 2. The van der Waals surface area contributed by atoms with Crippen molar-refractivity contribution in [3.63, 3.8) is 0 Å². The largest absolute Gasteiger partial charge is 0.444 e. The Labute approximate surface area is 187 Å². The standard InChI is InChI=1S/C22H18BrN3O4S/c1-15-7-9-18(10-8-15)31(28,29)26-13-20(23)19-11-17(12-24-21(19)26)25-22(27)30-14-16-5-3-2-4-6-16/h2-13H,14H2,1H3,(H,25,27). The van der Waals surface area contributed by atoms with E-state index in [0.29, 0.717) is 15.5 Å². The van der Waals surface area contributed by atoms with Crippen LogP contribution in [0.15, 0.2) is 82.4 Å². The maximum Gasteiger partial charge on any atom is 0.412 e. The fourth-order valence-corrected chi connectivity index (χ4v) is 4.95. The highest BCUT2D eigenvalue weighted by molar-refractivity contribution is 9.10. The van der Waals surface area contributed by atoms with Crippen LogP contribution in [-0.2, 0) is 21.4 Å². The Balaban J connectivity index is 1.57. The number of halogens is 1. The third-order valence-corrected chi connectivity index (χ3v) is 6.90. The monoisotopic (exact) mass is 499 g/mol. The summed E-state index contributed by atoms with van der Waals surface area (Å²) >= 11 is 3.39. The number of amides is 1. The Morgan fingerprint density at radius 3 is 2.55 bits per heavy atom. The van der Waals surface area contributed by atoms with E-state index < -0.39 is 16.1 Å². The number of nitrogens with zero attached hydrogens (tertiary/aromatic N) is 2. The predicted octanol–water partition coefficient (Wildman–Crippen LogP) is 5.09. The van der Waals surface area contributed by atoms with E-state index in [1.165, 1.54) is 12.4 Å². The van der Waals surface area contributed by atoms with Crippen LogP contribution in [0.5, 0.6) is 0 Å². The minimum Gasteiger partial charge on any atom is -0.444 e. The SMILES string of the molecule is Cc1ccc(S(=O)(=O)n2cc(Br)c3cc(NC(=O)OCc4ccccc4)cnc32)cc1. The number of rotatable bonds is 5. The van der Waals surface area contributed by atoms with Gasteiger partial charge >= 0.3 is 6.09 Å². The van der Waals surface area contributed by atoms with Crippen molar-refractivity contribution in [1.82, 2.24) is 8.96 Å². The summed E-state index contributed by atoms with van der Waals surface area (Å²) in [7, 11) is -3.82. The summed E-state index contributed by atoms with van der Waals surface area (Å²) in [5.41, 5.74) is 2.46. The minimum absolute atomic E-state index is 0.136. The zero-order valence-electron chi connectivity index (χ0n) is 16.4. The number of ether oxygens (including phenoxy) is 1. The number of hydrogen-bond acceptors (Lipinski definition) is 5. The molecule has 0 spiro atoms. The molecule has 158 valence electrons. The molecule has 0 bridgehead atoms. The smallest absolute Gasteiger partial charge is 0.412 e. The van der Waals surface area contributed by atoms with Gasteiger partial charge in [0.1, 0.15) is 6.61 Å². The van der Waals surface area contributed by atoms with Crippen LogP contribution in [0.4, 0.5) is 10.5 Å². The third kappa shape index (κ3) is 4.47. The van der Waals surface area contributed by atoms with Gasteiger partial charge in [-0.05, 0) is 46.6 Å². The second kappa shape index (κ2) is 8.52. The van der Waals surface area contributed by atoms with E-state index in [-0.39, 0.29) is 17.1 Å². The van der Waals surface area contributed by atoms with Gasteiger partial charge in [-0.1, -0.05) is 48.0 Å². The van der Waals surface area contributed by atoms with Crippen LogP contribution in [0, 0.1) is 6.92 Å². The quantitative estimate of drug-likeness (QED) is 0.412. The van der Waals surface area contributed by atoms with Gasteiger partial charge in [0.05, 0.1) is 16.8 Å². The van der Waals surface area contributed by atoms with Crippen LogP contribution in [0.3, 0.4) is 0 Å². The van der Waals surface area contributed by atoms with Gasteiger partial charge in [0.2, 0.25) is 0 Å². The van der Waals surface area contributed by atoms with Crippen LogP contribution in [0.25, 0.3) is 11.0 Å². The van der Waals surface area contributed by atoms with Crippen LogP contribution in [0.1, 0.15) is 11.1 Å². The zero-order valence-corrected chi connectivity index (χ0v) is 18.9. The number of pyridine rings is 1. The Hall–Kier alpha value is -3.17. The van der Waals surface area contributed by atoms with Crippen LogP contribution >= 0.6 is 15.9 Å². The van der Waals surface area contributed by atoms with Gasteiger partial charge in [-0.25, -0.2) is 22.2 Å². The van der Waals surface area contributed by atoms with Gasteiger partial charge in [-0.15, -0.1) is 0 Å². The van der Waals surface area contributed by atoms with Crippen molar-refractivity contribution < 1.29 is 17.9 Å². The molecule has 31 heavy (non-hydrogen) atoms. The van der Waals surface area contributed by atoms with Crippen LogP contribution in [-0.4, -0.2) is 23.5 Å². The lowest BCUT2D eigenvalue weighted by Gasteiger charge is -2.09. The van der Waals surface area contributed by atoms with Gasteiger partial charge in [-0.3, -0.25) is 5.32 Å². The van der Waals surface area contributed by atoms with Crippen molar-refractivity contribution >= 4 is 48.8 Å². The first-order valence-corrected chi connectivity index (χ1v) is 11.5. The molecule has 2 aromatic heterocycles. The molecule has 0 radical (unpaired) electrons. The number of carbonyl (C=O) groups excluding carboxylic acids is 1. The number of hydrogen-bond donors (Lipinski definition) is 1.